The lowest BCUT2D eigenvalue weighted by Crippen LogP contribution is -2.01. The number of pyridine rings is 1. The molecule has 19 heavy (non-hydrogen) atoms. The fourth-order valence-electron chi connectivity index (χ4n) is 2.15. The van der Waals surface area contributed by atoms with Gasteiger partial charge in [-0.2, -0.15) is 0 Å². The third kappa shape index (κ3) is 2.17. The van der Waals surface area contributed by atoms with Crippen LogP contribution in [0, 0.1) is 0 Å². The summed E-state index contributed by atoms with van der Waals surface area (Å²) in [7, 11) is 0. The maximum atomic E-state index is 12.5. The highest BCUT2D eigenvalue weighted by Gasteiger charge is 2.14. The van der Waals surface area contributed by atoms with Crippen molar-refractivity contribution in [2.75, 3.05) is 0 Å². The van der Waals surface area contributed by atoms with Gasteiger partial charge in [0.05, 0.1) is 10.4 Å². The Kier molecular flexibility index (Phi) is 3.13. The van der Waals surface area contributed by atoms with Gasteiger partial charge in [0.15, 0.2) is 0 Å². The molecular weight excluding hydrogens is 254 g/mol. The standard InChI is InChI=1S/C16H13NOS/c1-2-11-7-9-19-16(11)15(18)13-6-5-12-4-3-8-17-14(12)10-13/h3-10H,2H2,1H3. The van der Waals surface area contributed by atoms with Crippen molar-refractivity contribution in [2.24, 2.45) is 0 Å². The van der Waals surface area contributed by atoms with Crippen LogP contribution in [-0.2, 0) is 6.42 Å². The molecule has 0 saturated heterocycles. The van der Waals surface area contributed by atoms with Crippen LogP contribution in [0.4, 0.5) is 0 Å². The van der Waals surface area contributed by atoms with Crippen molar-refractivity contribution in [3.63, 3.8) is 0 Å². The van der Waals surface area contributed by atoms with Crippen LogP contribution in [-0.4, -0.2) is 10.8 Å². The zero-order valence-electron chi connectivity index (χ0n) is 10.6. The zero-order valence-corrected chi connectivity index (χ0v) is 11.4. The van der Waals surface area contributed by atoms with Gasteiger partial charge < -0.3 is 0 Å². The van der Waals surface area contributed by atoms with Gasteiger partial charge in [0.1, 0.15) is 0 Å². The first-order valence-corrected chi connectivity index (χ1v) is 7.13. The van der Waals surface area contributed by atoms with E-state index < -0.39 is 0 Å². The number of hydrogen-bond donors (Lipinski definition) is 0. The Balaban J connectivity index is 2.06. The molecule has 3 heteroatoms. The highest BCUT2D eigenvalue weighted by molar-refractivity contribution is 7.12. The van der Waals surface area contributed by atoms with Gasteiger partial charge in [-0.25, -0.2) is 0 Å². The van der Waals surface area contributed by atoms with Gasteiger partial charge in [-0.05, 0) is 35.6 Å². The summed E-state index contributed by atoms with van der Waals surface area (Å²) >= 11 is 1.51. The third-order valence-corrected chi connectivity index (χ3v) is 4.16. The molecule has 0 atom stereocenters. The van der Waals surface area contributed by atoms with E-state index in [1.165, 1.54) is 11.3 Å². The Morgan fingerprint density at radius 1 is 1.26 bits per heavy atom. The van der Waals surface area contributed by atoms with Crippen LogP contribution < -0.4 is 0 Å². The molecule has 0 aliphatic heterocycles. The zero-order chi connectivity index (χ0) is 13.2. The summed E-state index contributed by atoms with van der Waals surface area (Å²) in [6, 6.07) is 11.6. The van der Waals surface area contributed by atoms with E-state index in [0.29, 0.717) is 5.56 Å². The summed E-state index contributed by atoms with van der Waals surface area (Å²) < 4.78 is 0. The molecule has 3 aromatic rings. The maximum Gasteiger partial charge on any atom is 0.203 e. The second kappa shape index (κ2) is 4.94. The number of ketones is 1. The Hall–Kier alpha value is -2.00. The molecule has 1 aromatic carbocycles. The Morgan fingerprint density at radius 3 is 3.00 bits per heavy atom. The number of thiophene rings is 1. The lowest BCUT2D eigenvalue weighted by molar-refractivity contribution is 0.104. The number of aryl methyl sites for hydroxylation is 1. The summed E-state index contributed by atoms with van der Waals surface area (Å²) in [5.74, 6) is 0.0967. The summed E-state index contributed by atoms with van der Waals surface area (Å²) in [6.07, 6.45) is 2.63. The first-order chi connectivity index (χ1) is 9.29. The molecule has 2 aromatic heterocycles. The molecule has 0 radical (unpaired) electrons. The van der Waals surface area contributed by atoms with Crippen molar-refractivity contribution in [3.05, 3.63) is 64.0 Å². The molecule has 94 valence electrons. The number of carbonyl (C=O) groups excluding carboxylic acids is 1. The number of fused-ring (bicyclic) bond motifs is 1. The number of hydrogen-bond acceptors (Lipinski definition) is 3. The van der Waals surface area contributed by atoms with Gasteiger partial charge in [0.2, 0.25) is 5.78 Å². The van der Waals surface area contributed by atoms with Crippen molar-refractivity contribution >= 4 is 28.0 Å². The largest absolute Gasteiger partial charge is 0.288 e. The molecule has 3 rings (SSSR count). The Bertz CT molecular complexity index is 745. The van der Waals surface area contributed by atoms with E-state index in [1.54, 1.807) is 6.20 Å². The Morgan fingerprint density at radius 2 is 2.16 bits per heavy atom. The van der Waals surface area contributed by atoms with Crippen LogP contribution >= 0.6 is 11.3 Å². The molecule has 0 bridgehead atoms. The van der Waals surface area contributed by atoms with Crippen LogP contribution in [0.5, 0.6) is 0 Å². The summed E-state index contributed by atoms with van der Waals surface area (Å²) in [4.78, 5) is 17.7. The maximum absolute atomic E-state index is 12.5. The molecule has 0 aliphatic rings. The van der Waals surface area contributed by atoms with Crippen LogP contribution in [0.2, 0.25) is 0 Å². The molecule has 2 heterocycles. The number of aromatic nitrogens is 1. The average molecular weight is 267 g/mol. The number of nitrogens with zero attached hydrogens (tertiary/aromatic N) is 1. The fourth-order valence-corrected chi connectivity index (χ4v) is 3.11. The van der Waals surface area contributed by atoms with E-state index in [-0.39, 0.29) is 5.78 Å². The molecule has 0 aliphatic carbocycles. The van der Waals surface area contributed by atoms with E-state index in [0.717, 1.165) is 27.8 Å². The molecule has 0 fully saturated rings. The van der Waals surface area contributed by atoms with Crippen molar-refractivity contribution in [2.45, 2.75) is 13.3 Å². The first-order valence-electron chi connectivity index (χ1n) is 6.25. The molecule has 0 unspecified atom stereocenters. The van der Waals surface area contributed by atoms with Gasteiger partial charge in [-0.3, -0.25) is 9.78 Å². The topological polar surface area (TPSA) is 30.0 Å². The normalized spacial score (nSPS) is 10.8. The summed E-state index contributed by atoms with van der Waals surface area (Å²) in [5.41, 5.74) is 2.70. The molecule has 0 amide bonds. The van der Waals surface area contributed by atoms with Crippen LogP contribution in [0.3, 0.4) is 0 Å². The molecule has 0 saturated carbocycles. The van der Waals surface area contributed by atoms with E-state index in [9.17, 15) is 4.79 Å². The lowest BCUT2D eigenvalue weighted by atomic mass is 10.0. The monoisotopic (exact) mass is 267 g/mol. The van der Waals surface area contributed by atoms with Crippen molar-refractivity contribution in [1.82, 2.24) is 4.98 Å². The van der Waals surface area contributed by atoms with Gasteiger partial charge in [-0.15, -0.1) is 11.3 Å². The number of rotatable bonds is 3. The van der Waals surface area contributed by atoms with Crippen LogP contribution in [0.25, 0.3) is 10.9 Å². The minimum atomic E-state index is 0.0967. The SMILES string of the molecule is CCc1ccsc1C(=O)c1ccc2cccnc2c1. The van der Waals surface area contributed by atoms with Gasteiger partial charge >= 0.3 is 0 Å². The molecule has 2 nitrogen and oxygen atoms in total. The van der Waals surface area contributed by atoms with Crippen molar-refractivity contribution in [1.29, 1.82) is 0 Å². The van der Waals surface area contributed by atoms with Gasteiger partial charge in [0.25, 0.3) is 0 Å². The summed E-state index contributed by atoms with van der Waals surface area (Å²) in [6.45, 7) is 2.07. The minimum Gasteiger partial charge on any atom is -0.288 e. The fraction of sp³-hybridized carbons (Fsp3) is 0.125. The van der Waals surface area contributed by atoms with E-state index in [1.807, 2.05) is 41.8 Å². The van der Waals surface area contributed by atoms with E-state index in [4.69, 9.17) is 0 Å². The lowest BCUT2D eigenvalue weighted by Gasteiger charge is -2.03. The van der Waals surface area contributed by atoms with Crippen molar-refractivity contribution in [3.8, 4) is 0 Å². The highest BCUT2D eigenvalue weighted by Crippen LogP contribution is 2.23. The van der Waals surface area contributed by atoms with Crippen molar-refractivity contribution < 1.29 is 4.79 Å². The van der Waals surface area contributed by atoms with Crippen LogP contribution in [0.15, 0.2) is 48.0 Å². The predicted octanol–water partition coefficient (Wildman–Crippen LogP) is 4.09. The minimum absolute atomic E-state index is 0.0967. The highest BCUT2D eigenvalue weighted by atomic mass is 32.1. The third-order valence-electron chi connectivity index (χ3n) is 3.20. The smallest absolute Gasteiger partial charge is 0.203 e. The van der Waals surface area contributed by atoms with Gasteiger partial charge in [0, 0.05) is 17.1 Å². The van der Waals surface area contributed by atoms with Gasteiger partial charge in [-0.1, -0.05) is 25.1 Å². The second-order valence-electron chi connectivity index (χ2n) is 4.37. The van der Waals surface area contributed by atoms with Crippen LogP contribution in [0.1, 0.15) is 27.7 Å². The summed E-state index contributed by atoms with van der Waals surface area (Å²) in [5, 5.41) is 3.03. The molecule has 0 spiro atoms. The quantitative estimate of drug-likeness (QED) is 0.669. The number of carbonyl (C=O) groups is 1. The second-order valence-corrected chi connectivity index (χ2v) is 5.28. The Labute approximate surface area is 115 Å². The first kappa shape index (κ1) is 12.1. The number of benzene rings is 1. The van der Waals surface area contributed by atoms with E-state index in [2.05, 4.69) is 11.9 Å². The average Bonchev–Trinajstić information content (AvgIpc) is 2.94. The molecular formula is C16H13NOS. The molecule has 0 N–H and O–H groups in total. The predicted molar refractivity (Wildman–Crippen MR) is 78.9 cm³/mol. The van der Waals surface area contributed by atoms with E-state index >= 15 is 0 Å².